The number of nitrogens with zero attached hydrogens (tertiary/aromatic N) is 2. The molecule has 0 aliphatic carbocycles. The molecule has 0 saturated carbocycles. The van der Waals surface area contributed by atoms with Crippen molar-refractivity contribution in [2.45, 2.75) is 38.3 Å². The number of rotatable bonds is 2. The van der Waals surface area contributed by atoms with E-state index >= 15 is 0 Å². The second-order valence-electron chi connectivity index (χ2n) is 6.11. The summed E-state index contributed by atoms with van der Waals surface area (Å²) in [5.74, 6) is -0.911. The second kappa shape index (κ2) is 5.85. The summed E-state index contributed by atoms with van der Waals surface area (Å²) in [6.45, 7) is 5.26. The summed E-state index contributed by atoms with van der Waals surface area (Å²) in [5.41, 5.74) is 1.10. The number of carbonyl (C=O) groups is 1. The average Bonchev–Trinajstić information content (AvgIpc) is 2.46. The molecule has 5 heteroatoms. The van der Waals surface area contributed by atoms with Gasteiger partial charge in [0.05, 0.1) is 11.3 Å². The fourth-order valence-electron chi connectivity index (χ4n) is 3.62. The van der Waals surface area contributed by atoms with Crippen LogP contribution in [0.2, 0.25) is 5.02 Å². The Morgan fingerprint density at radius 3 is 2.90 bits per heavy atom. The van der Waals surface area contributed by atoms with Gasteiger partial charge in [-0.15, -0.1) is 0 Å². The van der Waals surface area contributed by atoms with E-state index in [0.29, 0.717) is 22.7 Å². The van der Waals surface area contributed by atoms with Crippen LogP contribution in [-0.2, 0) is 0 Å². The summed E-state index contributed by atoms with van der Waals surface area (Å²) >= 11 is 5.96. The van der Waals surface area contributed by atoms with Crippen molar-refractivity contribution >= 4 is 23.3 Å². The molecule has 1 aromatic carbocycles. The zero-order valence-corrected chi connectivity index (χ0v) is 13.0. The summed E-state index contributed by atoms with van der Waals surface area (Å²) in [6.07, 6.45) is 3.76. The lowest BCUT2D eigenvalue weighted by molar-refractivity contribution is 0.0696. The third-order valence-corrected chi connectivity index (χ3v) is 4.92. The van der Waals surface area contributed by atoms with Gasteiger partial charge in [-0.25, -0.2) is 4.79 Å². The molecule has 2 saturated heterocycles. The normalized spacial score (nSPS) is 26.5. The van der Waals surface area contributed by atoms with E-state index in [1.165, 1.54) is 25.8 Å². The van der Waals surface area contributed by atoms with Crippen LogP contribution >= 0.6 is 11.6 Å². The number of piperidine rings is 1. The van der Waals surface area contributed by atoms with Crippen LogP contribution in [0.3, 0.4) is 0 Å². The lowest BCUT2D eigenvalue weighted by Crippen LogP contribution is -2.59. The van der Waals surface area contributed by atoms with Crippen molar-refractivity contribution in [3.8, 4) is 0 Å². The van der Waals surface area contributed by atoms with Crippen molar-refractivity contribution < 1.29 is 9.90 Å². The van der Waals surface area contributed by atoms with Gasteiger partial charge in [0.2, 0.25) is 0 Å². The maximum absolute atomic E-state index is 11.5. The largest absolute Gasteiger partial charge is 0.478 e. The molecule has 2 unspecified atom stereocenters. The fourth-order valence-corrected chi connectivity index (χ4v) is 3.79. The average molecular weight is 309 g/mol. The molecular formula is C16H21ClN2O2. The Bertz CT molecular complexity index is 549. The highest BCUT2D eigenvalue weighted by Crippen LogP contribution is 2.31. The summed E-state index contributed by atoms with van der Waals surface area (Å²) in [4.78, 5) is 16.3. The van der Waals surface area contributed by atoms with Gasteiger partial charge in [0, 0.05) is 30.2 Å². The maximum atomic E-state index is 11.5. The van der Waals surface area contributed by atoms with E-state index in [1.807, 2.05) is 6.07 Å². The lowest BCUT2D eigenvalue weighted by Gasteiger charge is -2.48. The molecule has 0 aromatic heterocycles. The Hall–Kier alpha value is -1.26. The first-order valence-electron chi connectivity index (χ1n) is 7.60. The van der Waals surface area contributed by atoms with Crippen LogP contribution in [0.5, 0.6) is 0 Å². The van der Waals surface area contributed by atoms with Gasteiger partial charge in [-0.3, -0.25) is 4.90 Å². The van der Waals surface area contributed by atoms with Crippen molar-refractivity contribution in [1.29, 1.82) is 0 Å². The number of fused-ring (bicyclic) bond motifs is 1. The fraction of sp³-hybridized carbons (Fsp3) is 0.562. The highest BCUT2D eigenvalue weighted by Gasteiger charge is 2.34. The van der Waals surface area contributed by atoms with E-state index in [4.69, 9.17) is 11.6 Å². The highest BCUT2D eigenvalue weighted by atomic mass is 35.5. The first kappa shape index (κ1) is 14.7. The van der Waals surface area contributed by atoms with Crippen molar-refractivity contribution in [2.75, 3.05) is 24.5 Å². The van der Waals surface area contributed by atoms with Crippen molar-refractivity contribution in [1.82, 2.24) is 4.90 Å². The van der Waals surface area contributed by atoms with Crippen molar-refractivity contribution in [3.63, 3.8) is 0 Å². The van der Waals surface area contributed by atoms with Crippen LogP contribution in [0, 0.1) is 0 Å². The van der Waals surface area contributed by atoms with Gasteiger partial charge in [-0.05, 0) is 44.5 Å². The third-order valence-electron chi connectivity index (χ3n) is 4.69. The van der Waals surface area contributed by atoms with E-state index in [9.17, 15) is 9.90 Å². The highest BCUT2D eigenvalue weighted by molar-refractivity contribution is 6.31. The molecule has 0 spiro atoms. The number of carboxylic acids is 1. The number of benzene rings is 1. The van der Waals surface area contributed by atoms with Gasteiger partial charge in [0.1, 0.15) is 0 Å². The molecule has 2 heterocycles. The predicted octanol–water partition coefficient (Wildman–Crippen LogP) is 3.10. The summed E-state index contributed by atoms with van der Waals surface area (Å²) in [6, 6.07) is 6.05. The van der Waals surface area contributed by atoms with Gasteiger partial charge in [0.25, 0.3) is 0 Å². The minimum atomic E-state index is -0.911. The Kier molecular flexibility index (Phi) is 4.09. The van der Waals surface area contributed by atoms with E-state index in [1.54, 1.807) is 12.1 Å². The Balaban J connectivity index is 1.91. The molecule has 2 aliphatic heterocycles. The van der Waals surface area contributed by atoms with Gasteiger partial charge >= 0.3 is 5.97 Å². The van der Waals surface area contributed by atoms with E-state index in [0.717, 1.165) is 18.8 Å². The molecule has 114 valence electrons. The molecule has 0 radical (unpaired) electrons. The maximum Gasteiger partial charge on any atom is 0.337 e. The first-order chi connectivity index (χ1) is 10.1. The van der Waals surface area contributed by atoms with Crippen molar-refractivity contribution in [3.05, 3.63) is 28.8 Å². The summed E-state index contributed by atoms with van der Waals surface area (Å²) in [7, 11) is 0. The van der Waals surface area contributed by atoms with Gasteiger partial charge in [-0.1, -0.05) is 18.0 Å². The molecule has 0 bridgehead atoms. The Morgan fingerprint density at radius 1 is 1.33 bits per heavy atom. The van der Waals surface area contributed by atoms with Crippen LogP contribution < -0.4 is 4.90 Å². The molecule has 1 N–H and O–H groups in total. The van der Waals surface area contributed by atoms with Crippen molar-refractivity contribution in [2.24, 2.45) is 0 Å². The predicted molar refractivity (Wildman–Crippen MR) is 84.4 cm³/mol. The molecule has 0 amide bonds. The number of hydrogen-bond acceptors (Lipinski definition) is 3. The molecule has 21 heavy (non-hydrogen) atoms. The molecular weight excluding hydrogens is 288 g/mol. The number of piperazine rings is 1. The second-order valence-corrected chi connectivity index (χ2v) is 6.55. The molecule has 2 fully saturated rings. The monoisotopic (exact) mass is 308 g/mol. The molecule has 2 aliphatic rings. The van der Waals surface area contributed by atoms with Crippen LogP contribution in [0.15, 0.2) is 18.2 Å². The number of aromatic carboxylic acids is 1. The number of anilines is 1. The molecule has 1 aromatic rings. The van der Waals surface area contributed by atoms with Gasteiger partial charge in [-0.2, -0.15) is 0 Å². The number of hydrogen-bond donors (Lipinski definition) is 1. The zero-order chi connectivity index (χ0) is 15.0. The van der Waals surface area contributed by atoms with Gasteiger partial charge < -0.3 is 10.0 Å². The van der Waals surface area contributed by atoms with Gasteiger partial charge in [0.15, 0.2) is 0 Å². The zero-order valence-electron chi connectivity index (χ0n) is 12.3. The van der Waals surface area contributed by atoms with E-state index < -0.39 is 5.97 Å². The number of carboxylic acid groups (broad SMARTS) is 1. The molecule has 4 nitrogen and oxygen atoms in total. The summed E-state index contributed by atoms with van der Waals surface area (Å²) in [5, 5.41) is 9.92. The number of halogens is 1. The smallest absolute Gasteiger partial charge is 0.337 e. The van der Waals surface area contributed by atoms with Crippen LogP contribution in [0.25, 0.3) is 0 Å². The van der Waals surface area contributed by atoms with Crippen LogP contribution in [-0.4, -0.2) is 47.7 Å². The summed E-state index contributed by atoms with van der Waals surface area (Å²) < 4.78 is 0. The minimum absolute atomic E-state index is 0.304. The first-order valence-corrected chi connectivity index (χ1v) is 7.97. The lowest BCUT2D eigenvalue weighted by atomic mass is 9.96. The standard InChI is InChI=1S/C16H21ClN2O2/c1-11-9-18-7-3-2-4-13(18)10-19(11)15-6-5-12(17)8-14(15)16(20)21/h5-6,8,11,13H,2-4,7,9-10H2,1H3,(H,20,21). The third kappa shape index (κ3) is 2.87. The topological polar surface area (TPSA) is 43.8 Å². The van der Waals surface area contributed by atoms with Crippen LogP contribution in [0.4, 0.5) is 5.69 Å². The molecule has 3 rings (SSSR count). The van der Waals surface area contributed by atoms with E-state index in [2.05, 4.69) is 16.7 Å². The Labute approximate surface area is 130 Å². The Morgan fingerprint density at radius 2 is 2.14 bits per heavy atom. The molecule has 2 atom stereocenters. The van der Waals surface area contributed by atoms with Crippen LogP contribution in [0.1, 0.15) is 36.5 Å². The quantitative estimate of drug-likeness (QED) is 0.912. The minimum Gasteiger partial charge on any atom is -0.478 e. The SMILES string of the molecule is CC1CN2CCCCC2CN1c1ccc(Cl)cc1C(=O)O. The van der Waals surface area contributed by atoms with E-state index in [-0.39, 0.29) is 0 Å².